The minimum absolute atomic E-state index is 0.184. The first-order valence-corrected chi connectivity index (χ1v) is 37.7. The topological polar surface area (TPSA) is 108 Å². The lowest BCUT2D eigenvalue weighted by Gasteiger charge is -2.25. The minimum atomic E-state index is -1.52. The fourth-order valence-electron chi connectivity index (χ4n) is 10.5. The van der Waals surface area contributed by atoms with Crippen molar-refractivity contribution in [3.8, 4) is 0 Å². The lowest BCUT2D eigenvalue weighted by molar-refractivity contribution is -0.870. The van der Waals surface area contributed by atoms with Crippen molar-refractivity contribution in [2.24, 2.45) is 0 Å². The summed E-state index contributed by atoms with van der Waals surface area (Å²) in [6.07, 6.45) is 98.9. The van der Waals surface area contributed by atoms with Crippen LogP contribution in [0.4, 0.5) is 0 Å². The van der Waals surface area contributed by atoms with Crippen molar-refractivity contribution in [3.05, 3.63) is 122 Å². The van der Waals surface area contributed by atoms with Gasteiger partial charge in [0.05, 0.1) is 34.4 Å². The maximum absolute atomic E-state index is 13.0. The molecule has 0 amide bonds. The molecule has 0 saturated carbocycles. The van der Waals surface area contributed by atoms with Gasteiger partial charge in [-0.2, -0.15) is 0 Å². The molecule has 2 unspecified atom stereocenters. The molecule has 0 aliphatic rings. The fourth-order valence-corrected chi connectivity index (χ4v) is 10.5. The molecule has 9 heteroatoms. The number of carboxylic acids is 1. The van der Waals surface area contributed by atoms with Crippen molar-refractivity contribution in [2.75, 3.05) is 47.5 Å². The molecule has 0 radical (unpaired) electrons. The van der Waals surface area contributed by atoms with Crippen LogP contribution in [0.15, 0.2) is 122 Å². The van der Waals surface area contributed by atoms with Crippen molar-refractivity contribution in [1.82, 2.24) is 0 Å². The molecule has 0 bridgehead atoms. The molecule has 91 heavy (non-hydrogen) atoms. The molecule has 0 aliphatic carbocycles. The average Bonchev–Trinajstić information content (AvgIpc) is 3.46. The molecule has 0 aliphatic heterocycles. The second-order valence-electron chi connectivity index (χ2n) is 26.2. The van der Waals surface area contributed by atoms with Gasteiger partial charge in [0.15, 0.2) is 6.10 Å². The number of quaternary nitrogens is 1. The molecule has 0 aromatic heterocycles. The average molecular weight is 1270 g/mol. The van der Waals surface area contributed by atoms with Gasteiger partial charge in [-0.05, 0) is 109 Å². The van der Waals surface area contributed by atoms with Gasteiger partial charge >= 0.3 is 17.9 Å². The van der Waals surface area contributed by atoms with Gasteiger partial charge in [-0.15, -0.1) is 0 Å². The number of esters is 2. The lowest BCUT2D eigenvalue weighted by atomic mass is 10.0. The van der Waals surface area contributed by atoms with Gasteiger partial charge in [0.25, 0.3) is 6.29 Å². The van der Waals surface area contributed by atoms with Crippen molar-refractivity contribution in [3.63, 3.8) is 0 Å². The number of carbonyl (C=O) groups is 3. The highest BCUT2D eigenvalue weighted by Crippen LogP contribution is 2.18. The number of carbonyl (C=O) groups excluding carboxylic acids is 2. The van der Waals surface area contributed by atoms with Crippen molar-refractivity contribution in [1.29, 1.82) is 0 Å². The number of nitrogens with zero attached hydrogens (tertiary/aromatic N) is 1. The molecule has 0 saturated heterocycles. The Morgan fingerprint density at radius 2 is 0.626 bits per heavy atom. The van der Waals surface area contributed by atoms with E-state index in [0.29, 0.717) is 23.9 Å². The number of rotatable bonds is 69. The van der Waals surface area contributed by atoms with Gasteiger partial charge in [-0.25, -0.2) is 4.79 Å². The molecule has 2 atom stereocenters. The summed E-state index contributed by atoms with van der Waals surface area (Å²) in [6.45, 7) is 4.78. The quantitative estimate of drug-likeness (QED) is 0.0211. The highest BCUT2D eigenvalue weighted by Gasteiger charge is 2.25. The zero-order chi connectivity index (χ0) is 66.1. The first-order valence-electron chi connectivity index (χ1n) is 37.7. The Labute approximate surface area is 561 Å². The summed E-state index contributed by atoms with van der Waals surface area (Å²) in [5.41, 5.74) is 0. The van der Waals surface area contributed by atoms with E-state index in [-0.39, 0.29) is 32.2 Å². The molecule has 0 rings (SSSR count). The Morgan fingerprint density at radius 3 is 0.934 bits per heavy atom. The second kappa shape index (κ2) is 71.5. The molecular formula is C82H142NO8+. The maximum atomic E-state index is 13.0. The zero-order valence-corrected chi connectivity index (χ0v) is 59.7. The van der Waals surface area contributed by atoms with Crippen LogP contribution in [0.3, 0.4) is 0 Å². The normalized spacial score (nSPS) is 13.4. The van der Waals surface area contributed by atoms with Gasteiger partial charge in [-0.3, -0.25) is 9.59 Å². The number of ether oxygens (including phenoxy) is 4. The van der Waals surface area contributed by atoms with Crippen LogP contribution in [-0.2, 0) is 33.3 Å². The third-order valence-corrected chi connectivity index (χ3v) is 16.2. The van der Waals surface area contributed by atoms with Crippen LogP contribution in [0.5, 0.6) is 0 Å². The van der Waals surface area contributed by atoms with E-state index < -0.39 is 24.3 Å². The van der Waals surface area contributed by atoms with Gasteiger partial charge in [0.1, 0.15) is 13.2 Å². The van der Waals surface area contributed by atoms with Gasteiger partial charge in [0.2, 0.25) is 0 Å². The first-order chi connectivity index (χ1) is 44.6. The molecule has 0 heterocycles. The summed E-state index contributed by atoms with van der Waals surface area (Å²) in [4.78, 5) is 37.7. The number of unbranched alkanes of at least 4 members (excludes halogenated alkanes) is 34. The number of likely N-dealkylation sites (N-methyl/N-ethyl adjacent to an activating group) is 1. The van der Waals surface area contributed by atoms with E-state index >= 15 is 0 Å². The summed E-state index contributed by atoms with van der Waals surface area (Å²) in [5, 5.41) is 9.76. The number of allylic oxidation sites excluding steroid dienone is 20. The lowest BCUT2D eigenvalue weighted by Crippen LogP contribution is -2.40. The minimum Gasteiger partial charge on any atom is -0.477 e. The number of carboxylic acid groups (broad SMARTS) is 1. The van der Waals surface area contributed by atoms with E-state index in [1.807, 2.05) is 21.1 Å². The number of aliphatic carboxylic acids is 1. The zero-order valence-electron chi connectivity index (χ0n) is 59.7. The summed E-state index contributed by atoms with van der Waals surface area (Å²) in [5.74, 6) is -2.00. The third kappa shape index (κ3) is 73.0. The summed E-state index contributed by atoms with van der Waals surface area (Å²) >= 11 is 0. The Hall–Kier alpha value is -4.31. The Balaban J connectivity index is 4.09. The van der Waals surface area contributed by atoms with Crippen LogP contribution in [0.1, 0.15) is 322 Å². The molecule has 0 spiro atoms. The first kappa shape index (κ1) is 86.7. The van der Waals surface area contributed by atoms with Crippen LogP contribution < -0.4 is 0 Å². The van der Waals surface area contributed by atoms with Crippen molar-refractivity contribution < 1.29 is 42.9 Å². The maximum Gasteiger partial charge on any atom is 0.361 e. The fraction of sp³-hybridized carbons (Fsp3) is 0.720. The van der Waals surface area contributed by atoms with E-state index in [4.69, 9.17) is 18.9 Å². The molecule has 0 fully saturated rings. The monoisotopic (exact) mass is 1270 g/mol. The van der Waals surface area contributed by atoms with Crippen molar-refractivity contribution >= 4 is 17.9 Å². The van der Waals surface area contributed by atoms with Gasteiger partial charge in [-0.1, -0.05) is 322 Å². The van der Waals surface area contributed by atoms with E-state index in [9.17, 15) is 19.5 Å². The van der Waals surface area contributed by atoms with Crippen LogP contribution in [0.2, 0.25) is 0 Å². The van der Waals surface area contributed by atoms with E-state index in [0.717, 1.165) is 96.3 Å². The molecule has 9 nitrogen and oxygen atoms in total. The summed E-state index contributed by atoms with van der Waals surface area (Å²) in [7, 11) is 5.98. The van der Waals surface area contributed by atoms with Crippen LogP contribution in [0.25, 0.3) is 0 Å². The SMILES string of the molecule is CC/C=C\C/C=C\C/C=C\C/C=C\C/C=C\C/C=C\C/C=C\CCCCCCCCCCCCCCCC(=O)OC(COC(=O)CCCCCCCCCCCCCCCCCC/C=C\C/C=C\C/C=C\CCCCCCC)COC(OCC[N+](C)(C)C)C(=O)O. The molecule has 522 valence electrons. The smallest absolute Gasteiger partial charge is 0.361 e. The third-order valence-electron chi connectivity index (χ3n) is 16.2. The summed E-state index contributed by atoms with van der Waals surface area (Å²) in [6, 6.07) is 0. The molecule has 0 aromatic rings. The predicted molar refractivity (Wildman–Crippen MR) is 391 cm³/mol. The largest absolute Gasteiger partial charge is 0.477 e. The molecular weight excluding hydrogens is 1130 g/mol. The number of hydrogen-bond donors (Lipinski definition) is 1. The molecule has 1 N–H and O–H groups in total. The highest BCUT2D eigenvalue weighted by molar-refractivity contribution is 5.71. The van der Waals surface area contributed by atoms with Gasteiger partial charge in [0, 0.05) is 12.8 Å². The Bertz CT molecular complexity index is 1910. The molecule has 0 aromatic carbocycles. The van der Waals surface area contributed by atoms with E-state index in [1.165, 1.54) is 193 Å². The van der Waals surface area contributed by atoms with Crippen LogP contribution in [-0.4, -0.2) is 87.4 Å². The Kier molecular flexibility index (Phi) is 68.1. The predicted octanol–water partition coefficient (Wildman–Crippen LogP) is 23.9. The van der Waals surface area contributed by atoms with Crippen LogP contribution in [0, 0.1) is 0 Å². The number of hydrogen-bond acceptors (Lipinski definition) is 7. The highest BCUT2D eigenvalue weighted by atomic mass is 16.7. The van der Waals surface area contributed by atoms with Crippen molar-refractivity contribution in [2.45, 2.75) is 334 Å². The van der Waals surface area contributed by atoms with E-state index in [1.54, 1.807) is 0 Å². The van der Waals surface area contributed by atoms with E-state index in [2.05, 4.69) is 135 Å². The standard InChI is InChI=1S/C82H141NO8/c1-6-8-10-12-14-16-18-20-22-24-26-28-30-32-34-36-38-39-40-41-43-45-47-49-51-53-55-57-59-61-63-65-67-69-71-73-80(85)91-78(77-90-82(81(86)87)88-75-74-83(3,4)5)76-89-79(84)72-70-68-66-64-62-60-58-56-54-52-50-48-46-44-42-37-35-33-31-29-27-25-23-21-19-17-15-13-11-9-7-2/h8,10,14,16,19-22,25-28,31-34,38-39,41,43,78,82H,6-7,9,11-13,15,17-18,23-24,29-30,35-37,40,42,44-77H2,1-5H3/p+1/b10-8-,16-14-,21-19-,22-20-,27-25-,28-26-,33-31-,34-32-,39-38-,43-41-. The second-order valence-corrected chi connectivity index (χ2v) is 26.2. The Morgan fingerprint density at radius 1 is 0.341 bits per heavy atom. The summed E-state index contributed by atoms with van der Waals surface area (Å²) < 4.78 is 23.0. The van der Waals surface area contributed by atoms with Crippen LogP contribution >= 0.6 is 0 Å². The van der Waals surface area contributed by atoms with Gasteiger partial charge < -0.3 is 28.5 Å².